The minimum absolute atomic E-state index is 0.657. The molecule has 5 heteroatoms. The second kappa shape index (κ2) is 9.86. The van der Waals surface area contributed by atoms with Gasteiger partial charge in [-0.2, -0.15) is 0 Å². The summed E-state index contributed by atoms with van der Waals surface area (Å²) >= 11 is 0. The number of nitrogen functional groups attached to an aromatic ring is 1. The van der Waals surface area contributed by atoms with Crippen LogP contribution in [0.4, 0.5) is 5.69 Å². The van der Waals surface area contributed by atoms with E-state index in [-0.39, 0.29) is 0 Å². The fraction of sp³-hybridized carbons (Fsp3) is 0.364. The van der Waals surface area contributed by atoms with Gasteiger partial charge < -0.3 is 19.9 Å². The van der Waals surface area contributed by atoms with Gasteiger partial charge in [-0.05, 0) is 48.9 Å². The third kappa shape index (κ3) is 5.92. The fourth-order valence-electron chi connectivity index (χ4n) is 2.87. The van der Waals surface area contributed by atoms with Gasteiger partial charge in [0.15, 0.2) is 11.5 Å². The molecule has 0 atom stereocenters. The summed E-state index contributed by atoms with van der Waals surface area (Å²) in [7, 11) is 1.65. The predicted molar refractivity (Wildman–Crippen MR) is 107 cm³/mol. The maximum absolute atomic E-state index is 5.91. The molecule has 3 rings (SSSR count). The first-order chi connectivity index (χ1) is 13.2. The van der Waals surface area contributed by atoms with Gasteiger partial charge >= 0.3 is 0 Å². The van der Waals surface area contributed by atoms with Gasteiger partial charge in [0.2, 0.25) is 0 Å². The van der Waals surface area contributed by atoms with Crippen molar-refractivity contribution in [1.82, 2.24) is 4.90 Å². The highest BCUT2D eigenvalue weighted by molar-refractivity contribution is 5.51. The molecule has 1 fully saturated rings. The number of ether oxygens (including phenoxy) is 3. The van der Waals surface area contributed by atoms with E-state index in [4.69, 9.17) is 19.9 Å². The molecule has 1 saturated heterocycles. The lowest BCUT2D eigenvalue weighted by Gasteiger charge is -2.26. The molecule has 2 aromatic rings. The summed E-state index contributed by atoms with van der Waals surface area (Å²) in [6.45, 7) is 5.34. The number of methoxy groups -OCH3 is 1. The number of rotatable bonds is 6. The Kier molecular flexibility index (Phi) is 6.97. The van der Waals surface area contributed by atoms with Gasteiger partial charge in [0, 0.05) is 36.4 Å². The van der Waals surface area contributed by atoms with Crippen LogP contribution < -0.4 is 15.2 Å². The van der Waals surface area contributed by atoms with Crippen LogP contribution in [0.1, 0.15) is 17.5 Å². The zero-order valence-electron chi connectivity index (χ0n) is 15.7. The Balaban J connectivity index is 1.55. The predicted octanol–water partition coefficient (Wildman–Crippen LogP) is 2.78. The largest absolute Gasteiger partial charge is 0.493 e. The van der Waals surface area contributed by atoms with Crippen molar-refractivity contribution >= 4 is 5.69 Å². The van der Waals surface area contributed by atoms with Crippen LogP contribution in [-0.4, -0.2) is 51.5 Å². The molecule has 5 nitrogen and oxygen atoms in total. The summed E-state index contributed by atoms with van der Waals surface area (Å²) in [5, 5.41) is 0. The normalized spacial score (nSPS) is 14.3. The monoisotopic (exact) mass is 366 g/mol. The topological polar surface area (TPSA) is 57.0 Å². The second-order valence-electron chi connectivity index (χ2n) is 6.39. The van der Waals surface area contributed by atoms with Crippen molar-refractivity contribution in [3.05, 3.63) is 53.6 Å². The number of morpholine rings is 1. The highest BCUT2D eigenvalue weighted by Crippen LogP contribution is 2.28. The van der Waals surface area contributed by atoms with Gasteiger partial charge in [-0.3, -0.25) is 4.90 Å². The molecule has 1 aliphatic rings. The maximum atomic E-state index is 5.91. The first-order valence-corrected chi connectivity index (χ1v) is 9.23. The van der Waals surface area contributed by atoms with E-state index in [0.717, 1.165) is 61.8 Å². The fourth-order valence-corrected chi connectivity index (χ4v) is 2.87. The van der Waals surface area contributed by atoms with Crippen LogP contribution in [0.2, 0.25) is 0 Å². The van der Waals surface area contributed by atoms with Crippen molar-refractivity contribution in [1.29, 1.82) is 0 Å². The van der Waals surface area contributed by atoms with Crippen LogP contribution in [0.3, 0.4) is 0 Å². The van der Waals surface area contributed by atoms with Crippen molar-refractivity contribution in [2.45, 2.75) is 6.42 Å². The van der Waals surface area contributed by atoms with E-state index in [1.54, 1.807) is 7.11 Å². The molecular formula is C22H26N2O3. The molecule has 1 aliphatic heterocycles. The molecule has 142 valence electrons. The molecule has 0 amide bonds. The molecule has 0 aromatic heterocycles. The van der Waals surface area contributed by atoms with Crippen LogP contribution in [0, 0.1) is 11.8 Å². The summed E-state index contributed by atoms with van der Waals surface area (Å²) in [5.41, 5.74) is 8.23. The summed E-state index contributed by atoms with van der Waals surface area (Å²) in [6.07, 6.45) is 0.974. The van der Waals surface area contributed by atoms with E-state index in [2.05, 4.69) is 16.7 Å². The van der Waals surface area contributed by atoms with Crippen LogP contribution >= 0.6 is 0 Å². The van der Waals surface area contributed by atoms with E-state index in [1.165, 1.54) is 0 Å². The maximum Gasteiger partial charge on any atom is 0.161 e. The molecule has 1 heterocycles. The molecule has 0 radical (unpaired) electrons. The van der Waals surface area contributed by atoms with Gasteiger partial charge in [-0.15, -0.1) is 0 Å². The lowest BCUT2D eigenvalue weighted by Crippen LogP contribution is -2.37. The SMILES string of the molecule is COc1cc(C#Cc2ccc(N)cc2)ccc1OCCCN1CCOCC1. The Morgan fingerprint density at radius 3 is 2.44 bits per heavy atom. The summed E-state index contributed by atoms with van der Waals surface area (Å²) in [6, 6.07) is 13.3. The highest BCUT2D eigenvalue weighted by atomic mass is 16.5. The van der Waals surface area contributed by atoms with Crippen LogP contribution in [0.15, 0.2) is 42.5 Å². The van der Waals surface area contributed by atoms with Crippen molar-refractivity contribution in [2.75, 3.05) is 52.3 Å². The summed E-state index contributed by atoms with van der Waals surface area (Å²) in [4.78, 5) is 2.40. The van der Waals surface area contributed by atoms with Crippen molar-refractivity contribution in [3.8, 4) is 23.3 Å². The number of benzene rings is 2. The van der Waals surface area contributed by atoms with E-state index >= 15 is 0 Å². The Hall–Kier alpha value is -2.68. The Labute approximate surface area is 161 Å². The first kappa shape index (κ1) is 19.1. The van der Waals surface area contributed by atoms with Crippen LogP contribution in [0.5, 0.6) is 11.5 Å². The Morgan fingerprint density at radius 2 is 1.70 bits per heavy atom. The number of anilines is 1. The minimum Gasteiger partial charge on any atom is -0.493 e. The molecule has 27 heavy (non-hydrogen) atoms. The molecule has 0 aliphatic carbocycles. The van der Waals surface area contributed by atoms with Crippen molar-refractivity contribution in [3.63, 3.8) is 0 Å². The van der Waals surface area contributed by atoms with Gasteiger partial charge in [0.1, 0.15) is 0 Å². The van der Waals surface area contributed by atoms with Gasteiger partial charge in [-0.1, -0.05) is 11.8 Å². The zero-order valence-corrected chi connectivity index (χ0v) is 15.7. The quantitative estimate of drug-likeness (QED) is 0.484. The molecule has 0 bridgehead atoms. The van der Waals surface area contributed by atoms with Crippen LogP contribution in [-0.2, 0) is 4.74 Å². The summed E-state index contributed by atoms with van der Waals surface area (Å²) < 4.78 is 16.7. The molecule has 2 aromatic carbocycles. The summed E-state index contributed by atoms with van der Waals surface area (Å²) in [5.74, 6) is 7.72. The minimum atomic E-state index is 0.657. The van der Waals surface area contributed by atoms with E-state index < -0.39 is 0 Å². The van der Waals surface area contributed by atoms with E-state index in [1.807, 2.05) is 42.5 Å². The molecule has 0 saturated carbocycles. The number of hydrogen-bond donors (Lipinski definition) is 1. The zero-order chi connectivity index (χ0) is 18.9. The second-order valence-corrected chi connectivity index (χ2v) is 6.39. The average molecular weight is 366 g/mol. The Bertz CT molecular complexity index is 787. The van der Waals surface area contributed by atoms with Crippen molar-refractivity contribution < 1.29 is 14.2 Å². The van der Waals surface area contributed by atoms with Gasteiger partial charge in [0.05, 0.1) is 26.9 Å². The van der Waals surface area contributed by atoms with Crippen molar-refractivity contribution in [2.24, 2.45) is 0 Å². The Morgan fingerprint density at radius 1 is 1.00 bits per heavy atom. The first-order valence-electron chi connectivity index (χ1n) is 9.23. The molecule has 0 spiro atoms. The third-order valence-corrected chi connectivity index (χ3v) is 4.41. The average Bonchev–Trinajstić information content (AvgIpc) is 2.72. The molecule has 2 N–H and O–H groups in total. The van der Waals surface area contributed by atoms with Gasteiger partial charge in [-0.25, -0.2) is 0 Å². The van der Waals surface area contributed by atoms with Crippen LogP contribution in [0.25, 0.3) is 0 Å². The third-order valence-electron chi connectivity index (χ3n) is 4.41. The molecular weight excluding hydrogens is 340 g/mol. The number of hydrogen-bond acceptors (Lipinski definition) is 5. The number of nitrogens with two attached hydrogens (primary N) is 1. The molecule has 0 unspecified atom stereocenters. The standard InChI is InChI=1S/C22H26N2O3/c1-25-22-17-19(4-3-18-5-8-20(23)9-6-18)7-10-21(22)27-14-2-11-24-12-15-26-16-13-24/h5-10,17H,2,11-16,23H2,1H3. The van der Waals surface area contributed by atoms with Gasteiger partial charge in [0.25, 0.3) is 0 Å². The van der Waals surface area contributed by atoms with E-state index in [9.17, 15) is 0 Å². The van der Waals surface area contributed by atoms with E-state index in [0.29, 0.717) is 12.4 Å². The lowest BCUT2D eigenvalue weighted by atomic mass is 10.1. The lowest BCUT2D eigenvalue weighted by molar-refractivity contribution is 0.0357. The highest BCUT2D eigenvalue weighted by Gasteiger charge is 2.10. The smallest absolute Gasteiger partial charge is 0.161 e. The number of nitrogens with zero attached hydrogens (tertiary/aromatic N) is 1.